The van der Waals surface area contributed by atoms with Gasteiger partial charge in [0, 0.05) is 18.0 Å². The van der Waals surface area contributed by atoms with Crippen LogP contribution in [0.2, 0.25) is 0 Å². The normalized spacial score (nSPS) is 16.8. The number of hydrogen-bond acceptors (Lipinski definition) is 6. The molecule has 0 saturated carbocycles. The molecule has 28 heavy (non-hydrogen) atoms. The number of anilines is 2. The van der Waals surface area contributed by atoms with Crippen LogP contribution in [0, 0.1) is 5.92 Å². The van der Waals surface area contributed by atoms with Gasteiger partial charge in [-0.25, -0.2) is 0 Å². The smallest absolute Gasteiger partial charge is 0.229 e. The first-order valence-electron chi connectivity index (χ1n) is 9.31. The van der Waals surface area contributed by atoms with Gasteiger partial charge >= 0.3 is 0 Å². The van der Waals surface area contributed by atoms with E-state index in [0.717, 1.165) is 35.8 Å². The first kappa shape index (κ1) is 18.6. The zero-order valence-electron chi connectivity index (χ0n) is 15.7. The average Bonchev–Trinajstić information content (AvgIpc) is 3.29. The second kappa shape index (κ2) is 8.48. The lowest BCUT2D eigenvalue weighted by molar-refractivity contribution is -0.120. The largest absolute Gasteiger partial charge is 0.463 e. The van der Waals surface area contributed by atoms with E-state index >= 15 is 0 Å². The molecule has 7 heteroatoms. The Hall–Kier alpha value is -2.80. The maximum Gasteiger partial charge on any atom is 0.229 e. The van der Waals surface area contributed by atoms with E-state index in [0.29, 0.717) is 18.0 Å². The van der Waals surface area contributed by atoms with Gasteiger partial charge in [0.1, 0.15) is 5.69 Å². The fourth-order valence-corrected chi connectivity index (χ4v) is 3.99. The summed E-state index contributed by atoms with van der Waals surface area (Å²) in [5.41, 5.74) is 1.58. The van der Waals surface area contributed by atoms with Crippen LogP contribution in [0.25, 0.3) is 11.5 Å². The molecular weight excluding hydrogens is 372 g/mol. The molecule has 1 aliphatic heterocycles. The van der Waals surface area contributed by atoms with Crippen LogP contribution in [-0.4, -0.2) is 35.4 Å². The third-order valence-corrected chi connectivity index (χ3v) is 5.70. The third kappa shape index (κ3) is 4.04. The van der Waals surface area contributed by atoms with Gasteiger partial charge in [0.05, 0.1) is 17.9 Å². The van der Waals surface area contributed by atoms with Gasteiger partial charge < -0.3 is 14.6 Å². The van der Waals surface area contributed by atoms with E-state index in [1.165, 1.54) is 0 Å². The molecule has 2 aromatic heterocycles. The van der Waals surface area contributed by atoms with Crippen LogP contribution in [0.4, 0.5) is 11.5 Å². The van der Waals surface area contributed by atoms with Crippen molar-refractivity contribution in [1.29, 1.82) is 0 Å². The molecule has 0 aliphatic carbocycles. The molecular formula is C21H22N4O2S. The van der Waals surface area contributed by atoms with Gasteiger partial charge in [-0.15, -0.1) is 22.0 Å². The molecule has 0 radical (unpaired) electrons. The highest BCUT2D eigenvalue weighted by molar-refractivity contribution is 7.98. The number of nitrogens with zero attached hydrogens (tertiary/aromatic N) is 3. The predicted octanol–water partition coefficient (Wildman–Crippen LogP) is 4.31. The molecule has 0 unspecified atom stereocenters. The number of piperidine rings is 1. The number of nitrogens with one attached hydrogen (secondary N) is 1. The van der Waals surface area contributed by atoms with Crippen molar-refractivity contribution in [3.8, 4) is 11.5 Å². The lowest BCUT2D eigenvalue weighted by Gasteiger charge is -2.32. The fourth-order valence-electron chi connectivity index (χ4n) is 3.43. The lowest BCUT2D eigenvalue weighted by Crippen LogP contribution is -2.41. The number of carbonyl (C=O) groups is 1. The molecule has 0 spiro atoms. The Labute approximate surface area is 168 Å². The summed E-state index contributed by atoms with van der Waals surface area (Å²) in [6.07, 6.45) is 5.46. The molecule has 1 amide bonds. The summed E-state index contributed by atoms with van der Waals surface area (Å²) in [4.78, 5) is 16.0. The predicted molar refractivity (Wildman–Crippen MR) is 112 cm³/mol. The molecule has 0 bridgehead atoms. The van der Waals surface area contributed by atoms with Crippen molar-refractivity contribution in [3.63, 3.8) is 0 Å². The molecule has 1 aliphatic rings. The highest BCUT2D eigenvalue weighted by atomic mass is 32.2. The first-order chi connectivity index (χ1) is 13.7. The number of aromatic nitrogens is 2. The number of para-hydroxylation sites is 1. The Morgan fingerprint density at radius 1 is 1.18 bits per heavy atom. The minimum absolute atomic E-state index is 0.0614. The zero-order chi connectivity index (χ0) is 19.3. The van der Waals surface area contributed by atoms with Gasteiger partial charge in [0.25, 0.3) is 0 Å². The quantitative estimate of drug-likeness (QED) is 0.650. The summed E-state index contributed by atoms with van der Waals surface area (Å²) in [6.45, 7) is 1.52. The Morgan fingerprint density at radius 2 is 2.07 bits per heavy atom. The van der Waals surface area contributed by atoms with Crippen molar-refractivity contribution in [3.05, 3.63) is 54.8 Å². The van der Waals surface area contributed by atoms with E-state index in [4.69, 9.17) is 4.42 Å². The summed E-state index contributed by atoms with van der Waals surface area (Å²) in [5.74, 6) is 1.47. The number of rotatable bonds is 5. The molecule has 1 saturated heterocycles. The maximum absolute atomic E-state index is 12.8. The van der Waals surface area contributed by atoms with Crippen LogP contribution in [0.1, 0.15) is 12.8 Å². The van der Waals surface area contributed by atoms with Crippen molar-refractivity contribution >= 4 is 29.2 Å². The van der Waals surface area contributed by atoms with Crippen LogP contribution in [0.5, 0.6) is 0 Å². The van der Waals surface area contributed by atoms with E-state index in [2.05, 4.69) is 20.4 Å². The summed E-state index contributed by atoms with van der Waals surface area (Å²) in [7, 11) is 0. The topological polar surface area (TPSA) is 71.3 Å². The molecule has 3 aromatic rings. The van der Waals surface area contributed by atoms with Crippen molar-refractivity contribution in [2.75, 3.05) is 29.6 Å². The summed E-state index contributed by atoms with van der Waals surface area (Å²) >= 11 is 1.63. The van der Waals surface area contributed by atoms with Gasteiger partial charge in [-0.05, 0) is 55.5 Å². The number of carbonyl (C=O) groups excluding carboxylic acids is 1. The second-order valence-corrected chi connectivity index (χ2v) is 7.58. The van der Waals surface area contributed by atoms with Crippen molar-refractivity contribution in [2.45, 2.75) is 17.7 Å². The number of amides is 1. The highest BCUT2D eigenvalue weighted by Gasteiger charge is 2.27. The van der Waals surface area contributed by atoms with Crippen LogP contribution in [0.15, 0.2) is 64.1 Å². The Balaban J connectivity index is 1.43. The number of furan rings is 1. The van der Waals surface area contributed by atoms with Crippen molar-refractivity contribution in [2.24, 2.45) is 5.92 Å². The number of hydrogen-bond donors (Lipinski definition) is 1. The first-order valence-corrected chi connectivity index (χ1v) is 10.5. The average molecular weight is 395 g/mol. The Kier molecular flexibility index (Phi) is 5.62. The molecule has 3 heterocycles. The SMILES string of the molecule is CSc1ccccc1NC(=O)[C@@H]1CCCN(c2ccc(-c3ccco3)nn2)C1. The van der Waals surface area contributed by atoms with Crippen LogP contribution in [-0.2, 0) is 4.79 Å². The monoisotopic (exact) mass is 394 g/mol. The lowest BCUT2D eigenvalue weighted by atomic mass is 9.97. The molecule has 144 valence electrons. The zero-order valence-corrected chi connectivity index (χ0v) is 16.5. The fraction of sp³-hybridized carbons (Fsp3) is 0.286. The molecule has 1 fully saturated rings. The van der Waals surface area contributed by atoms with Crippen LogP contribution >= 0.6 is 11.8 Å². The minimum atomic E-state index is -0.0739. The third-order valence-electron chi connectivity index (χ3n) is 4.91. The molecule has 6 nitrogen and oxygen atoms in total. The highest BCUT2D eigenvalue weighted by Crippen LogP contribution is 2.27. The van der Waals surface area contributed by atoms with Crippen LogP contribution < -0.4 is 10.2 Å². The van der Waals surface area contributed by atoms with Gasteiger partial charge in [-0.2, -0.15) is 0 Å². The number of benzene rings is 1. The summed E-state index contributed by atoms with van der Waals surface area (Å²) < 4.78 is 5.36. The summed E-state index contributed by atoms with van der Waals surface area (Å²) in [5, 5.41) is 11.7. The van der Waals surface area contributed by atoms with Crippen molar-refractivity contribution < 1.29 is 9.21 Å². The maximum atomic E-state index is 12.8. The van der Waals surface area contributed by atoms with Gasteiger partial charge in [-0.1, -0.05) is 12.1 Å². The molecule has 1 aromatic carbocycles. The van der Waals surface area contributed by atoms with Crippen molar-refractivity contribution in [1.82, 2.24) is 10.2 Å². The van der Waals surface area contributed by atoms with E-state index in [9.17, 15) is 4.79 Å². The van der Waals surface area contributed by atoms with E-state index in [-0.39, 0.29) is 11.8 Å². The molecule has 1 atom stereocenters. The van der Waals surface area contributed by atoms with E-state index in [1.807, 2.05) is 54.8 Å². The van der Waals surface area contributed by atoms with Gasteiger partial charge in [0.2, 0.25) is 5.91 Å². The van der Waals surface area contributed by atoms with Crippen LogP contribution in [0.3, 0.4) is 0 Å². The number of thioether (sulfide) groups is 1. The Bertz CT molecular complexity index is 928. The standard InChI is InChI=1S/C21H22N4O2S/c1-28-19-9-3-2-7-17(19)22-21(26)15-6-4-12-25(14-15)20-11-10-16(23-24-20)18-8-5-13-27-18/h2-3,5,7-11,13,15H,4,6,12,14H2,1H3,(H,22,26)/t15-/m1/s1. The molecule has 4 rings (SSSR count). The van der Waals surface area contributed by atoms with E-state index in [1.54, 1.807) is 18.0 Å². The Morgan fingerprint density at radius 3 is 2.82 bits per heavy atom. The summed E-state index contributed by atoms with van der Waals surface area (Å²) in [6, 6.07) is 15.4. The van der Waals surface area contributed by atoms with Gasteiger partial charge in [-0.3, -0.25) is 4.79 Å². The molecule has 1 N–H and O–H groups in total. The minimum Gasteiger partial charge on any atom is -0.463 e. The van der Waals surface area contributed by atoms with Gasteiger partial charge in [0.15, 0.2) is 11.6 Å². The van der Waals surface area contributed by atoms with E-state index < -0.39 is 0 Å². The second-order valence-electron chi connectivity index (χ2n) is 6.73.